The first-order chi connectivity index (χ1) is 7.61. The topological polar surface area (TPSA) is 24.9 Å². The van der Waals surface area contributed by atoms with Crippen molar-refractivity contribution in [3.8, 4) is 0 Å². The number of hydrogen-bond donors (Lipinski definition) is 1. The van der Waals surface area contributed by atoms with E-state index in [4.69, 9.17) is 4.98 Å². The van der Waals surface area contributed by atoms with Crippen LogP contribution in [-0.4, -0.2) is 11.0 Å². The average Bonchev–Trinajstić information content (AvgIpc) is 3.02. The molecule has 2 atom stereocenters. The molecule has 1 aliphatic carbocycles. The molecule has 1 aromatic heterocycles. The first-order valence-electron chi connectivity index (χ1n) is 6.31. The van der Waals surface area contributed by atoms with Gasteiger partial charge in [0.25, 0.3) is 0 Å². The Hall–Kier alpha value is -0.410. The van der Waals surface area contributed by atoms with Crippen LogP contribution in [0.3, 0.4) is 0 Å². The van der Waals surface area contributed by atoms with E-state index in [0.717, 1.165) is 6.04 Å². The van der Waals surface area contributed by atoms with E-state index in [1.54, 1.807) is 0 Å². The van der Waals surface area contributed by atoms with Crippen LogP contribution in [0, 0.1) is 19.8 Å². The van der Waals surface area contributed by atoms with Crippen LogP contribution < -0.4 is 5.32 Å². The monoisotopic (exact) mass is 238 g/mol. The molecule has 0 aliphatic heterocycles. The van der Waals surface area contributed by atoms with Gasteiger partial charge in [0.2, 0.25) is 0 Å². The smallest absolute Gasteiger partial charge is 0.110 e. The normalized spacial score (nSPS) is 19.8. The number of aryl methyl sites for hydroxylation is 2. The summed E-state index contributed by atoms with van der Waals surface area (Å²) in [6, 6.07) is 1.22. The number of nitrogens with zero attached hydrogens (tertiary/aromatic N) is 1. The Morgan fingerprint density at radius 1 is 1.44 bits per heavy atom. The Morgan fingerprint density at radius 2 is 2.12 bits per heavy atom. The zero-order chi connectivity index (χ0) is 11.7. The summed E-state index contributed by atoms with van der Waals surface area (Å²) in [5, 5.41) is 5.03. The summed E-state index contributed by atoms with van der Waals surface area (Å²) < 4.78 is 0. The molecular weight excluding hydrogens is 216 g/mol. The second kappa shape index (κ2) is 4.84. The molecule has 1 saturated carbocycles. The maximum atomic E-state index is 4.72. The van der Waals surface area contributed by atoms with Crippen LogP contribution in [0.15, 0.2) is 0 Å². The molecule has 1 aliphatic rings. The molecule has 3 heteroatoms. The molecule has 0 saturated heterocycles. The van der Waals surface area contributed by atoms with Gasteiger partial charge >= 0.3 is 0 Å². The first-order valence-corrected chi connectivity index (χ1v) is 7.13. The van der Waals surface area contributed by atoms with E-state index in [2.05, 4.69) is 33.0 Å². The highest BCUT2D eigenvalue weighted by Crippen LogP contribution is 2.33. The lowest BCUT2D eigenvalue weighted by atomic mass is 9.99. The van der Waals surface area contributed by atoms with Crippen LogP contribution in [0.1, 0.15) is 54.7 Å². The van der Waals surface area contributed by atoms with Gasteiger partial charge in [-0.1, -0.05) is 20.3 Å². The van der Waals surface area contributed by atoms with E-state index >= 15 is 0 Å². The lowest BCUT2D eigenvalue weighted by Crippen LogP contribution is -2.28. The van der Waals surface area contributed by atoms with Crippen LogP contribution in [0.4, 0.5) is 0 Å². The molecule has 1 fully saturated rings. The molecule has 0 bridgehead atoms. The van der Waals surface area contributed by atoms with Crippen LogP contribution in [0.25, 0.3) is 0 Å². The van der Waals surface area contributed by atoms with Gasteiger partial charge in [0.15, 0.2) is 0 Å². The van der Waals surface area contributed by atoms with Crippen LogP contribution >= 0.6 is 11.3 Å². The molecule has 2 rings (SSSR count). The molecule has 0 radical (unpaired) electrons. The number of thiazole rings is 1. The zero-order valence-electron chi connectivity index (χ0n) is 10.7. The summed E-state index contributed by atoms with van der Waals surface area (Å²) in [4.78, 5) is 6.08. The predicted molar refractivity (Wildman–Crippen MR) is 69.9 cm³/mol. The van der Waals surface area contributed by atoms with Crippen molar-refractivity contribution in [2.45, 2.75) is 59.0 Å². The molecule has 1 heterocycles. The highest BCUT2D eigenvalue weighted by Gasteiger charge is 2.29. The Bertz CT molecular complexity index is 335. The molecular formula is C13H22N2S. The van der Waals surface area contributed by atoms with Gasteiger partial charge in [0.05, 0.1) is 11.7 Å². The molecule has 16 heavy (non-hydrogen) atoms. The van der Waals surface area contributed by atoms with Gasteiger partial charge in [-0.25, -0.2) is 4.98 Å². The van der Waals surface area contributed by atoms with Gasteiger partial charge in [-0.15, -0.1) is 11.3 Å². The third kappa shape index (κ3) is 2.64. The predicted octanol–water partition coefficient (Wildman–Crippen LogP) is 3.60. The zero-order valence-corrected chi connectivity index (χ0v) is 11.5. The Morgan fingerprint density at radius 3 is 2.56 bits per heavy atom. The van der Waals surface area contributed by atoms with E-state index in [0.29, 0.717) is 12.0 Å². The van der Waals surface area contributed by atoms with E-state index < -0.39 is 0 Å². The van der Waals surface area contributed by atoms with Crippen molar-refractivity contribution in [3.63, 3.8) is 0 Å². The van der Waals surface area contributed by atoms with Gasteiger partial charge in [-0.05, 0) is 32.6 Å². The molecule has 90 valence electrons. The third-order valence-electron chi connectivity index (χ3n) is 3.52. The summed E-state index contributed by atoms with van der Waals surface area (Å²) in [5.74, 6) is 0.672. The maximum Gasteiger partial charge on any atom is 0.110 e. The SMILES string of the molecule is CCC(C)C(NC1CC1)c1nc(C)c(C)s1. The van der Waals surface area contributed by atoms with Gasteiger partial charge in [0.1, 0.15) is 5.01 Å². The summed E-state index contributed by atoms with van der Waals surface area (Å²) >= 11 is 1.86. The third-order valence-corrected chi connectivity index (χ3v) is 4.67. The Labute approximate surface area is 102 Å². The molecule has 0 aromatic carbocycles. The summed E-state index contributed by atoms with van der Waals surface area (Å²) in [7, 11) is 0. The quantitative estimate of drug-likeness (QED) is 0.848. The minimum absolute atomic E-state index is 0.467. The number of aromatic nitrogens is 1. The highest BCUT2D eigenvalue weighted by atomic mass is 32.1. The number of nitrogens with one attached hydrogen (secondary N) is 1. The fourth-order valence-corrected chi connectivity index (χ4v) is 2.97. The van der Waals surface area contributed by atoms with Crippen molar-refractivity contribution in [2.24, 2.45) is 5.92 Å². The standard InChI is InChI=1S/C13H22N2S/c1-5-8(2)12(15-11-6-7-11)13-14-9(3)10(4)16-13/h8,11-12,15H,5-7H2,1-4H3. The van der Waals surface area contributed by atoms with Crippen molar-refractivity contribution >= 4 is 11.3 Å². The van der Waals surface area contributed by atoms with Gasteiger partial charge in [-0.2, -0.15) is 0 Å². The maximum absolute atomic E-state index is 4.72. The fraction of sp³-hybridized carbons (Fsp3) is 0.769. The summed E-state index contributed by atoms with van der Waals surface area (Å²) in [6.07, 6.45) is 3.90. The number of hydrogen-bond acceptors (Lipinski definition) is 3. The highest BCUT2D eigenvalue weighted by molar-refractivity contribution is 7.11. The first kappa shape index (κ1) is 12.1. The van der Waals surface area contributed by atoms with E-state index in [-0.39, 0.29) is 0 Å². The fourth-order valence-electron chi connectivity index (χ4n) is 1.85. The van der Waals surface area contributed by atoms with E-state index in [1.165, 1.54) is 34.8 Å². The second-order valence-corrected chi connectivity index (χ2v) is 6.23. The van der Waals surface area contributed by atoms with Gasteiger partial charge < -0.3 is 5.32 Å². The molecule has 2 unspecified atom stereocenters. The van der Waals surface area contributed by atoms with Crippen molar-refractivity contribution in [1.29, 1.82) is 0 Å². The minimum atomic E-state index is 0.467. The second-order valence-electron chi connectivity index (χ2n) is 5.00. The van der Waals surface area contributed by atoms with E-state index in [1.807, 2.05) is 11.3 Å². The minimum Gasteiger partial charge on any atom is -0.305 e. The van der Waals surface area contributed by atoms with E-state index in [9.17, 15) is 0 Å². The lowest BCUT2D eigenvalue weighted by molar-refractivity contribution is 0.372. The van der Waals surface area contributed by atoms with Gasteiger partial charge in [0, 0.05) is 10.9 Å². The Kier molecular flexibility index (Phi) is 3.65. The van der Waals surface area contributed by atoms with Crippen molar-refractivity contribution in [3.05, 3.63) is 15.6 Å². The van der Waals surface area contributed by atoms with Crippen LogP contribution in [-0.2, 0) is 0 Å². The molecule has 2 nitrogen and oxygen atoms in total. The van der Waals surface area contributed by atoms with Crippen molar-refractivity contribution in [1.82, 2.24) is 10.3 Å². The molecule has 1 N–H and O–H groups in total. The summed E-state index contributed by atoms with van der Waals surface area (Å²) in [5.41, 5.74) is 1.20. The van der Waals surface area contributed by atoms with Crippen molar-refractivity contribution in [2.75, 3.05) is 0 Å². The molecule has 1 aromatic rings. The van der Waals surface area contributed by atoms with Crippen LogP contribution in [0.5, 0.6) is 0 Å². The Balaban J connectivity index is 2.15. The molecule has 0 spiro atoms. The average molecular weight is 238 g/mol. The van der Waals surface area contributed by atoms with Crippen LogP contribution in [0.2, 0.25) is 0 Å². The lowest BCUT2D eigenvalue weighted by Gasteiger charge is -2.22. The molecule has 0 amide bonds. The largest absolute Gasteiger partial charge is 0.305 e. The number of rotatable bonds is 5. The van der Waals surface area contributed by atoms with Gasteiger partial charge in [-0.3, -0.25) is 0 Å². The van der Waals surface area contributed by atoms with Crippen molar-refractivity contribution < 1.29 is 0 Å². The summed E-state index contributed by atoms with van der Waals surface area (Å²) in [6.45, 7) is 8.87.